The van der Waals surface area contributed by atoms with Gasteiger partial charge in [0.1, 0.15) is 0 Å². The molecule has 0 aromatic carbocycles. The first-order valence-corrected chi connectivity index (χ1v) is 11.2. The van der Waals surface area contributed by atoms with Crippen LogP contribution in [-0.2, 0) is 11.3 Å². The van der Waals surface area contributed by atoms with Crippen molar-refractivity contribution in [2.75, 3.05) is 7.11 Å². The number of hydrogen-bond donors (Lipinski definition) is 1. The third kappa shape index (κ3) is 4.32. The third-order valence-electron chi connectivity index (χ3n) is 6.70. The maximum absolute atomic E-state index is 14.2. The second-order valence-corrected chi connectivity index (χ2v) is 10.3. The van der Waals surface area contributed by atoms with Gasteiger partial charge in [0.25, 0.3) is 0 Å². The summed E-state index contributed by atoms with van der Waals surface area (Å²) in [6.45, 7) is 5.00. The van der Waals surface area contributed by atoms with E-state index in [9.17, 15) is 23.1 Å². The number of alkyl halides is 3. The first-order chi connectivity index (χ1) is 13.9. The zero-order valence-corrected chi connectivity index (χ0v) is 18.6. The Morgan fingerprint density at radius 2 is 1.97 bits per heavy atom. The second-order valence-electron chi connectivity index (χ2n) is 9.35. The van der Waals surface area contributed by atoms with Gasteiger partial charge in [-0.1, -0.05) is 27.2 Å². The van der Waals surface area contributed by atoms with E-state index in [1.807, 2.05) is 0 Å². The number of hydrogen-bond acceptors (Lipinski definition) is 4. The molecule has 1 aliphatic carbocycles. The number of rotatable bonds is 6. The van der Waals surface area contributed by atoms with Gasteiger partial charge in [0.05, 0.1) is 22.9 Å². The lowest BCUT2D eigenvalue weighted by Crippen LogP contribution is -2.54. The summed E-state index contributed by atoms with van der Waals surface area (Å²) in [4.78, 5) is 12.0. The van der Waals surface area contributed by atoms with E-state index in [4.69, 9.17) is 4.74 Å². The Morgan fingerprint density at radius 1 is 1.27 bits per heavy atom. The number of halogens is 3. The van der Waals surface area contributed by atoms with Gasteiger partial charge in [0, 0.05) is 19.4 Å². The molecule has 1 fully saturated rings. The number of ether oxygens (including phenoxy) is 1. The molecule has 168 valence electrons. The highest BCUT2D eigenvalue weighted by Gasteiger charge is 2.57. The minimum atomic E-state index is -4.82. The minimum Gasteiger partial charge on any atom is -0.381 e. The molecule has 0 radical (unpaired) electrons. The number of fused-ring (bicyclic) bond motifs is 1. The maximum atomic E-state index is 14.2. The normalized spacial score (nSPS) is 25.4. The summed E-state index contributed by atoms with van der Waals surface area (Å²) in [5, 5.41) is 12.7. The molecule has 8 heteroatoms. The standard InChI is InChI=1S/C22H30F3NO3S/c1-14-6-5-7-15(18(14)29-4)20(2,3)12-21(28,22(23,24)25)13-26-10-8-17(27)19-16(26)9-11-30-19/h8-11,14-15,18,28H,5-7,12-13H2,1-4H3. The number of pyridine rings is 1. The van der Waals surface area contributed by atoms with Crippen LogP contribution in [0.25, 0.3) is 10.2 Å². The molecular weight excluding hydrogens is 415 g/mol. The highest BCUT2D eigenvalue weighted by molar-refractivity contribution is 7.17. The molecule has 4 atom stereocenters. The Kier molecular flexibility index (Phi) is 6.43. The van der Waals surface area contributed by atoms with Crippen molar-refractivity contribution in [3.8, 4) is 0 Å². The van der Waals surface area contributed by atoms with E-state index in [0.717, 1.165) is 19.3 Å². The van der Waals surface area contributed by atoms with Crippen LogP contribution >= 0.6 is 11.3 Å². The van der Waals surface area contributed by atoms with Gasteiger partial charge in [0.2, 0.25) is 0 Å². The molecule has 0 aliphatic heterocycles. The lowest BCUT2D eigenvalue weighted by atomic mass is 9.63. The van der Waals surface area contributed by atoms with Crippen LogP contribution in [0.4, 0.5) is 13.2 Å². The van der Waals surface area contributed by atoms with Crippen molar-refractivity contribution < 1.29 is 23.0 Å². The molecule has 0 bridgehead atoms. The van der Waals surface area contributed by atoms with Crippen molar-refractivity contribution in [1.82, 2.24) is 4.57 Å². The molecule has 0 amide bonds. The van der Waals surface area contributed by atoms with E-state index in [0.29, 0.717) is 10.2 Å². The summed E-state index contributed by atoms with van der Waals surface area (Å²) in [6, 6.07) is 2.87. The minimum absolute atomic E-state index is 0.0877. The molecular formula is C22H30F3NO3S. The monoisotopic (exact) mass is 445 g/mol. The zero-order chi connectivity index (χ0) is 22.3. The van der Waals surface area contributed by atoms with E-state index in [1.54, 1.807) is 32.4 Å². The summed E-state index contributed by atoms with van der Waals surface area (Å²) in [7, 11) is 1.61. The van der Waals surface area contributed by atoms with Gasteiger partial charge in [-0.2, -0.15) is 13.2 Å². The molecule has 4 unspecified atom stereocenters. The van der Waals surface area contributed by atoms with Crippen molar-refractivity contribution in [3.63, 3.8) is 0 Å². The Balaban J connectivity index is 1.96. The lowest BCUT2D eigenvalue weighted by molar-refractivity contribution is -0.278. The Hall–Kier alpha value is -1.38. The van der Waals surface area contributed by atoms with E-state index in [2.05, 4.69) is 6.92 Å². The molecule has 2 aromatic rings. The third-order valence-corrected chi connectivity index (χ3v) is 7.62. The molecule has 1 saturated carbocycles. The molecule has 4 nitrogen and oxygen atoms in total. The van der Waals surface area contributed by atoms with Crippen LogP contribution in [0.1, 0.15) is 46.5 Å². The average Bonchev–Trinajstić information content (AvgIpc) is 3.13. The summed E-state index contributed by atoms with van der Waals surface area (Å²) < 4.78 is 50.0. The van der Waals surface area contributed by atoms with E-state index in [1.165, 1.54) is 28.2 Å². The highest BCUT2D eigenvalue weighted by Crippen LogP contribution is 2.49. The van der Waals surface area contributed by atoms with Crippen LogP contribution in [0.3, 0.4) is 0 Å². The summed E-state index contributed by atoms with van der Waals surface area (Å²) >= 11 is 1.19. The Bertz CT molecular complexity index is 936. The second kappa shape index (κ2) is 8.28. The molecule has 1 N–H and O–H groups in total. The topological polar surface area (TPSA) is 51.5 Å². The predicted octanol–water partition coefficient (Wildman–Crippen LogP) is 5.22. The van der Waals surface area contributed by atoms with Crippen LogP contribution in [0.2, 0.25) is 0 Å². The Labute approximate surface area is 178 Å². The number of nitrogens with zero attached hydrogens (tertiary/aromatic N) is 1. The molecule has 0 saturated heterocycles. The van der Waals surface area contributed by atoms with E-state index in [-0.39, 0.29) is 23.4 Å². The van der Waals surface area contributed by atoms with Gasteiger partial charge in [-0.3, -0.25) is 4.79 Å². The molecule has 30 heavy (non-hydrogen) atoms. The first-order valence-electron chi connectivity index (χ1n) is 10.3. The fourth-order valence-corrected chi connectivity index (χ4v) is 6.02. The predicted molar refractivity (Wildman–Crippen MR) is 113 cm³/mol. The molecule has 2 heterocycles. The fraction of sp³-hybridized carbons (Fsp3) is 0.682. The molecule has 2 aromatic heterocycles. The van der Waals surface area contributed by atoms with E-state index >= 15 is 0 Å². The van der Waals surface area contributed by atoms with Crippen LogP contribution in [0.5, 0.6) is 0 Å². The summed E-state index contributed by atoms with van der Waals surface area (Å²) in [6.07, 6.45) is -1.37. The molecule has 3 rings (SSSR count). The maximum Gasteiger partial charge on any atom is 0.418 e. The summed E-state index contributed by atoms with van der Waals surface area (Å²) in [5.74, 6) is 0.173. The van der Waals surface area contributed by atoms with E-state index < -0.39 is 30.2 Å². The Morgan fingerprint density at radius 3 is 2.60 bits per heavy atom. The SMILES string of the molecule is COC1C(C)CCCC1C(C)(C)CC(O)(Cn1ccc(=O)c2sccc21)C(F)(F)F. The number of methoxy groups -OCH3 is 1. The van der Waals surface area contributed by atoms with Crippen molar-refractivity contribution in [1.29, 1.82) is 0 Å². The number of aliphatic hydroxyl groups is 1. The van der Waals surface area contributed by atoms with Gasteiger partial charge in [-0.15, -0.1) is 11.3 Å². The van der Waals surface area contributed by atoms with Gasteiger partial charge in [-0.05, 0) is 48.0 Å². The van der Waals surface area contributed by atoms with Crippen LogP contribution in [0, 0.1) is 17.3 Å². The van der Waals surface area contributed by atoms with Crippen molar-refractivity contribution in [2.45, 2.75) is 70.9 Å². The average molecular weight is 446 g/mol. The lowest BCUT2D eigenvalue weighted by Gasteiger charge is -2.47. The van der Waals surface area contributed by atoms with Crippen LogP contribution in [-0.4, -0.2) is 34.7 Å². The zero-order valence-electron chi connectivity index (χ0n) is 17.8. The fourth-order valence-electron chi connectivity index (χ4n) is 5.19. The quantitative estimate of drug-likeness (QED) is 0.663. The molecule has 0 spiro atoms. The van der Waals surface area contributed by atoms with Crippen LogP contribution < -0.4 is 5.43 Å². The van der Waals surface area contributed by atoms with Crippen molar-refractivity contribution >= 4 is 21.6 Å². The van der Waals surface area contributed by atoms with Gasteiger partial charge >= 0.3 is 6.18 Å². The highest BCUT2D eigenvalue weighted by atomic mass is 32.1. The van der Waals surface area contributed by atoms with Crippen molar-refractivity contribution in [2.24, 2.45) is 17.3 Å². The van der Waals surface area contributed by atoms with Crippen molar-refractivity contribution in [3.05, 3.63) is 33.9 Å². The number of aromatic nitrogens is 1. The van der Waals surface area contributed by atoms with Gasteiger partial charge in [0.15, 0.2) is 11.0 Å². The van der Waals surface area contributed by atoms with Gasteiger partial charge < -0.3 is 14.4 Å². The summed E-state index contributed by atoms with van der Waals surface area (Å²) in [5.41, 5.74) is -3.55. The first kappa shape index (κ1) is 23.3. The smallest absolute Gasteiger partial charge is 0.381 e. The van der Waals surface area contributed by atoms with Crippen LogP contribution in [0.15, 0.2) is 28.5 Å². The number of thiophene rings is 1. The largest absolute Gasteiger partial charge is 0.418 e. The van der Waals surface area contributed by atoms with Gasteiger partial charge in [-0.25, -0.2) is 0 Å². The molecule has 1 aliphatic rings.